The zero-order valence-corrected chi connectivity index (χ0v) is 8.60. The highest BCUT2D eigenvalue weighted by molar-refractivity contribution is 7.99. The lowest BCUT2D eigenvalue weighted by Gasteiger charge is -2.07. The van der Waals surface area contributed by atoms with Crippen LogP contribution in [0.5, 0.6) is 5.75 Å². The average Bonchev–Trinajstić information content (AvgIpc) is 2.10. The topological polar surface area (TPSA) is 75.3 Å². The Bertz CT molecular complexity index is 342. The highest BCUT2D eigenvalue weighted by Crippen LogP contribution is 2.23. The third-order valence-corrected chi connectivity index (χ3v) is 2.14. The van der Waals surface area contributed by atoms with E-state index in [9.17, 15) is 4.79 Å². The predicted octanol–water partition coefficient (Wildman–Crippen LogP) is 1.28. The zero-order valence-electron chi connectivity index (χ0n) is 7.78. The molecule has 0 radical (unpaired) electrons. The van der Waals surface area contributed by atoms with Crippen LogP contribution in [0.2, 0.25) is 0 Å². The lowest BCUT2D eigenvalue weighted by Crippen LogP contribution is -2.14. The molecule has 76 valence electrons. The van der Waals surface area contributed by atoms with Gasteiger partial charge in [-0.3, -0.25) is 4.79 Å². The fourth-order valence-electron chi connectivity index (χ4n) is 0.981. The van der Waals surface area contributed by atoms with Gasteiger partial charge in [0, 0.05) is 6.07 Å². The van der Waals surface area contributed by atoms with E-state index in [1.165, 1.54) is 23.9 Å². The zero-order chi connectivity index (χ0) is 10.6. The number of hydrogen-bond donors (Lipinski definition) is 3. The van der Waals surface area contributed by atoms with Crippen LogP contribution < -0.4 is 11.1 Å². The van der Waals surface area contributed by atoms with Crippen LogP contribution in [0.3, 0.4) is 0 Å². The van der Waals surface area contributed by atoms with Crippen molar-refractivity contribution in [1.29, 1.82) is 0 Å². The van der Waals surface area contributed by atoms with Crippen LogP contribution in [0.1, 0.15) is 0 Å². The molecule has 5 heteroatoms. The number of carbonyl (C=O) groups is 1. The summed E-state index contributed by atoms with van der Waals surface area (Å²) in [5.41, 5.74) is 6.47. The molecule has 0 fully saturated rings. The minimum absolute atomic E-state index is 0.0883. The molecule has 0 aliphatic carbocycles. The largest absolute Gasteiger partial charge is 0.508 e. The third kappa shape index (κ3) is 2.85. The van der Waals surface area contributed by atoms with E-state index >= 15 is 0 Å². The molecule has 0 bridgehead atoms. The van der Waals surface area contributed by atoms with Crippen molar-refractivity contribution in [2.24, 2.45) is 0 Å². The molecular weight excluding hydrogens is 200 g/mol. The molecule has 14 heavy (non-hydrogen) atoms. The maximum atomic E-state index is 11.2. The minimum Gasteiger partial charge on any atom is -0.508 e. The molecule has 1 aromatic rings. The molecule has 1 aromatic carbocycles. The van der Waals surface area contributed by atoms with Gasteiger partial charge < -0.3 is 16.2 Å². The van der Waals surface area contributed by atoms with Crippen LogP contribution in [0, 0.1) is 0 Å². The first kappa shape index (κ1) is 10.7. The number of nitrogens with one attached hydrogen (secondary N) is 1. The Balaban J connectivity index is 2.72. The van der Waals surface area contributed by atoms with Gasteiger partial charge in [-0.25, -0.2) is 0 Å². The standard InChI is InChI=1S/C9H12N2O2S/c1-14-5-9(13)11-8-3-2-6(12)4-7(8)10/h2-4,12H,5,10H2,1H3,(H,11,13). The fraction of sp³-hybridized carbons (Fsp3) is 0.222. The van der Waals surface area contributed by atoms with Crippen LogP contribution >= 0.6 is 11.8 Å². The van der Waals surface area contributed by atoms with Crippen LogP contribution in [0.25, 0.3) is 0 Å². The summed E-state index contributed by atoms with van der Waals surface area (Å²) < 4.78 is 0. The summed E-state index contributed by atoms with van der Waals surface area (Å²) in [5, 5.41) is 11.7. The monoisotopic (exact) mass is 212 g/mol. The molecule has 0 aromatic heterocycles. The second-order valence-corrected chi connectivity index (χ2v) is 3.62. The van der Waals surface area contributed by atoms with Crippen LogP contribution in [-0.4, -0.2) is 23.0 Å². The van der Waals surface area contributed by atoms with Crippen molar-refractivity contribution in [2.75, 3.05) is 23.1 Å². The Morgan fingerprint density at radius 1 is 1.64 bits per heavy atom. The number of anilines is 2. The quantitative estimate of drug-likeness (QED) is 0.521. The Kier molecular flexibility index (Phi) is 3.64. The Labute approximate surface area is 86.5 Å². The molecule has 0 aliphatic rings. The average molecular weight is 212 g/mol. The molecule has 0 heterocycles. The number of phenols is 1. The van der Waals surface area contributed by atoms with E-state index < -0.39 is 0 Å². The summed E-state index contributed by atoms with van der Waals surface area (Å²) >= 11 is 1.44. The normalized spacial score (nSPS) is 9.79. The van der Waals surface area contributed by atoms with E-state index in [1.54, 1.807) is 6.07 Å². The Morgan fingerprint density at radius 2 is 2.36 bits per heavy atom. The van der Waals surface area contributed by atoms with Crippen molar-refractivity contribution in [2.45, 2.75) is 0 Å². The summed E-state index contributed by atoms with van der Waals surface area (Å²) in [4.78, 5) is 11.2. The lowest BCUT2D eigenvalue weighted by atomic mass is 10.2. The van der Waals surface area contributed by atoms with E-state index in [2.05, 4.69) is 5.32 Å². The molecule has 4 N–H and O–H groups in total. The molecule has 1 amide bonds. The summed E-state index contributed by atoms with van der Waals surface area (Å²) in [5.74, 6) is 0.376. The minimum atomic E-state index is -0.102. The van der Waals surface area contributed by atoms with Crippen molar-refractivity contribution < 1.29 is 9.90 Å². The number of nitrogens with two attached hydrogens (primary N) is 1. The summed E-state index contributed by atoms with van der Waals surface area (Å²) in [7, 11) is 0. The van der Waals surface area contributed by atoms with Crippen molar-refractivity contribution >= 4 is 29.0 Å². The Morgan fingerprint density at radius 3 is 2.93 bits per heavy atom. The molecule has 0 unspecified atom stereocenters. The smallest absolute Gasteiger partial charge is 0.234 e. The van der Waals surface area contributed by atoms with E-state index in [-0.39, 0.29) is 11.7 Å². The first-order valence-electron chi connectivity index (χ1n) is 4.00. The highest BCUT2D eigenvalue weighted by Gasteiger charge is 2.04. The number of rotatable bonds is 3. The second-order valence-electron chi connectivity index (χ2n) is 2.75. The molecule has 0 spiro atoms. The first-order chi connectivity index (χ1) is 6.63. The van der Waals surface area contributed by atoms with E-state index in [1.807, 2.05) is 6.26 Å². The number of phenolic OH excluding ortho intramolecular Hbond substituents is 1. The van der Waals surface area contributed by atoms with Gasteiger partial charge in [0.1, 0.15) is 5.75 Å². The number of thioether (sulfide) groups is 1. The number of benzene rings is 1. The summed E-state index contributed by atoms with van der Waals surface area (Å²) in [6.07, 6.45) is 1.85. The number of nitrogen functional groups attached to an aromatic ring is 1. The van der Waals surface area contributed by atoms with Crippen LogP contribution in [0.15, 0.2) is 18.2 Å². The highest BCUT2D eigenvalue weighted by atomic mass is 32.2. The van der Waals surface area contributed by atoms with Gasteiger partial charge in [0.15, 0.2) is 0 Å². The van der Waals surface area contributed by atoms with E-state index in [0.29, 0.717) is 17.1 Å². The van der Waals surface area contributed by atoms with E-state index in [4.69, 9.17) is 10.8 Å². The van der Waals surface area contributed by atoms with Gasteiger partial charge in [0.05, 0.1) is 17.1 Å². The van der Waals surface area contributed by atoms with Crippen molar-refractivity contribution in [3.05, 3.63) is 18.2 Å². The van der Waals surface area contributed by atoms with Gasteiger partial charge in [-0.1, -0.05) is 0 Å². The number of amides is 1. The van der Waals surface area contributed by atoms with Gasteiger partial charge in [-0.2, -0.15) is 11.8 Å². The molecule has 0 aliphatic heterocycles. The Hall–Kier alpha value is -1.36. The maximum Gasteiger partial charge on any atom is 0.234 e. The predicted molar refractivity (Wildman–Crippen MR) is 59.5 cm³/mol. The second kappa shape index (κ2) is 4.76. The summed E-state index contributed by atoms with van der Waals surface area (Å²) in [6.45, 7) is 0. The molecular formula is C9H12N2O2S. The van der Waals surface area contributed by atoms with Gasteiger partial charge in [0.2, 0.25) is 5.91 Å². The molecule has 4 nitrogen and oxygen atoms in total. The van der Waals surface area contributed by atoms with Gasteiger partial charge in [-0.15, -0.1) is 0 Å². The fourth-order valence-corrected chi connectivity index (χ4v) is 1.32. The maximum absolute atomic E-state index is 11.2. The number of hydrogen-bond acceptors (Lipinski definition) is 4. The van der Waals surface area contributed by atoms with Crippen molar-refractivity contribution in [3.63, 3.8) is 0 Å². The molecule has 0 saturated heterocycles. The molecule has 0 saturated carbocycles. The van der Waals surface area contributed by atoms with Crippen molar-refractivity contribution in [3.8, 4) is 5.75 Å². The SMILES string of the molecule is CSCC(=O)Nc1ccc(O)cc1N. The van der Waals surface area contributed by atoms with Gasteiger partial charge in [-0.05, 0) is 18.4 Å². The van der Waals surface area contributed by atoms with Crippen LogP contribution in [0.4, 0.5) is 11.4 Å². The van der Waals surface area contributed by atoms with Gasteiger partial charge >= 0.3 is 0 Å². The van der Waals surface area contributed by atoms with Crippen LogP contribution in [-0.2, 0) is 4.79 Å². The molecule has 0 atom stereocenters. The first-order valence-corrected chi connectivity index (χ1v) is 5.40. The third-order valence-electron chi connectivity index (χ3n) is 1.58. The lowest BCUT2D eigenvalue weighted by molar-refractivity contribution is -0.113. The number of aromatic hydroxyl groups is 1. The summed E-state index contributed by atoms with van der Waals surface area (Å²) in [6, 6.07) is 4.45. The van der Waals surface area contributed by atoms with E-state index in [0.717, 1.165) is 0 Å². The van der Waals surface area contributed by atoms with Crippen molar-refractivity contribution in [1.82, 2.24) is 0 Å². The number of carbonyl (C=O) groups excluding carboxylic acids is 1. The van der Waals surface area contributed by atoms with Gasteiger partial charge in [0.25, 0.3) is 0 Å². The molecule has 1 rings (SSSR count).